The van der Waals surface area contributed by atoms with Crippen LogP contribution in [0.5, 0.6) is 0 Å². The Hall–Kier alpha value is -0.160. The fourth-order valence-corrected chi connectivity index (χ4v) is 1.35. The van der Waals surface area contributed by atoms with Gasteiger partial charge in [0.15, 0.2) is 6.10 Å². The molecule has 0 amide bonds. The molecule has 4 nitrogen and oxygen atoms in total. The fraction of sp³-hybridized carbons (Fsp3) is 1.00. The maximum absolute atomic E-state index is 9.64. The Labute approximate surface area is 87.1 Å². The first-order chi connectivity index (χ1) is 6.35. The zero-order chi connectivity index (χ0) is 11.2. The third-order valence-electron chi connectivity index (χ3n) is 2.11. The lowest BCUT2D eigenvalue weighted by Crippen LogP contribution is -2.88. The van der Waals surface area contributed by atoms with Gasteiger partial charge in [0.2, 0.25) is 0 Å². The summed E-state index contributed by atoms with van der Waals surface area (Å²) in [7, 11) is 6.18. The maximum Gasteiger partial charge on any atom is 0.152 e. The summed E-state index contributed by atoms with van der Waals surface area (Å²) in [5.74, 6) is 0. The van der Waals surface area contributed by atoms with E-state index in [1.165, 1.54) is 0 Å². The number of quaternary nitrogens is 2. The van der Waals surface area contributed by atoms with Crippen molar-refractivity contribution in [1.82, 2.24) is 0 Å². The van der Waals surface area contributed by atoms with Crippen molar-refractivity contribution in [3.63, 3.8) is 0 Å². The number of likely N-dealkylation sites (N-methyl/N-ethyl adjacent to an activating group) is 1. The van der Waals surface area contributed by atoms with E-state index in [-0.39, 0.29) is 12.2 Å². The highest BCUT2D eigenvalue weighted by Crippen LogP contribution is 1.92. The first kappa shape index (κ1) is 13.8. The third kappa shape index (κ3) is 8.44. The highest BCUT2D eigenvalue weighted by atomic mass is 16.3. The van der Waals surface area contributed by atoms with Crippen LogP contribution in [0.4, 0.5) is 0 Å². The minimum absolute atomic E-state index is 0.244. The molecule has 0 fully saturated rings. The Morgan fingerprint density at radius 2 is 1.57 bits per heavy atom. The van der Waals surface area contributed by atoms with Crippen molar-refractivity contribution >= 4 is 0 Å². The molecule has 0 bridgehead atoms. The minimum atomic E-state index is -0.293. The van der Waals surface area contributed by atoms with Crippen LogP contribution in [0.1, 0.15) is 13.3 Å². The SMILES string of the molecule is CCC(O)C[NH2+]CC(O)C[N+](C)(C)C. The fourth-order valence-electron chi connectivity index (χ4n) is 1.35. The second-order valence-electron chi connectivity index (χ2n) is 4.95. The molecule has 2 atom stereocenters. The molecule has 0 spiro atoms. The van der Waals surface area contributed by atoms with Crippen molar-refractivity contribution < 1.29 is 20.0 Å². The molecular weight excluding hydrogens is 180 g/mol. The van der Waals surface area contributed by atoms with E-state index in [0.29, 0.717) is 13.1 Å². The van der Waals surface area contributed by atoms with Gasteiger partial charge in [-0.05, 0) is 6.42 Å². The van der Waals surface area contributed by atoms with E-state index in [1.807, 2.05) is 12.2 Å². The number of aliphatic hydroxyl groups is 2. The molecule has 0 aliphatic rings. The normalized spacial score (nSPS) is 16.7. The summed E-state index contributed by atoms with van der Waals surface area (Å²) < 4.78 is 0.769. The van der Waals surface area contributed by atoms with E-state index in [0.717, 1.165) is 17.4 Å². The van der Waals surface area contributed by atoms with Crippen molar-refractivity contribution in [2.45, 2.75) is 25.6 Å². The van der Waals surface area contributed by atoms with Gasteiger partial charge in [0.25, 0.3) is 0 Å². The van der Waals surface area contributed by atoms with Crippen molar-refractivity contribution in [1.29, 1.82) is 0 Å². The second kappa shape index (κ2) is 6.35. The molecule has 0 aliphatic heterocycles. The number of nitrogens with zero attached hydrogens (tertiary/aromatic N) is 1. The molecule has 0 saturated carbocycles. The van der Waals surface area contributed by atoms with E-state index in [2.05, 4.69) is 21.1 Å². The van der Waals surface area contributed by atoms with Gasteiger partial charge in [-0.1, -0.05) is 6.92 Å². The van der Waals surface area contributed by atoms with Crippen LogP contribution in [-0.2, 0) is 0 Å². The van der Waals surface area contributed by atoms with E-state index in [1.54, 1.807) is 0 Å². The molecule has 14 heavy (non-hydrogen) atoms. The molecule has 0 aliphatic carbocycles. The standard InChI is InChI=1S/C10H25N2O2/c1-5-9(13)6-11-7-10(14)8-12(2,3)4/h9-11,13-14H,5-8H2,1-4H3/q+1/p+1. The van der Waals surface area contributed by atoms with Gasteiger partial charge in [0, 0.05) is 0 Å². The van der Waals surface area contributed by atoms with Crippen molar-refractivity contribution in [3.05, 3.63) is 0 Å². The molecule has 4 heteroatoms. The molecule has 2 unspecified atom stereocenters. The molecule has 86 valence electrons. The predicted octanol–water partition coefficient (Wildman–Crippen LogP) is -1.61. The van der Waals surface area contributed by atoms with E-state index in [4.69, 9.17) is 0 Å². The Morgan fingerprint density at radius 3 is 2.00 bits per heavy atom. The number of hydrogen-bond donors (Lipinski definition) is 3. The van der Waals surface area contributed by atoms with Crippen LogP contribution in [0.2, 0.25) is 0 Å². The number of hydrogen-bond acceptors (Lipinski definition) is 2. The molecule has 0 aromatic rings. The summed E-state index contributed by atoms with van der Waals surface area (Å²) in [6.45, 7) is 4.07. The summed E-state index contributed by atoms with van der Waals surface area (Å²) in [4.78, 5) is 0. The van der Waals surface area contributed by atoms with Crippen molar-refractivity contribution in [3.8, 4) is 0 Å². The maximum atomic E-state index is 9.64. The highest BCUT2D eigenvalue weighted by molar-refractivity contribution is 4.50. The van der Waals surface area contributed by atoms with Gasteiger partial charge in [-0.15, -0.1) is 0 Å². The van der Waals surface area contributed by atoms with Crippen molar-refractivity contribution in [2.75, 3.05) is 40.8 Å². The Morgan fingerprint density at radius 1 is 1.07 bits per heavy atom. The minimum Gasteiger partial charge on any atom is -0.387 e. The Bertz CT molecular complexity index is 146. The molecule has 0 heterocycles. The van der Waals surface area contributed by atoms with Gasteiger partial charge < -0.3 is 20.0 Å². The van der Waals surface area contributed by atoms with Gasteiger partial charge >= 0.3 is 0 Å². The van der Waals surface area contributed by atoms with Gasteiger partial charge in [-0.25, -0.2) is 0 Å². The smallest absolute Gasteiger partial charge is 0.152 e. The molecule has 0 aromatic carbocycles. The zero-order valence-corrected chi connectivity index (χ0v) is 9.90. The van der Waals surface area contributed by atoms with E-state index in [9.17, 15) is 10.2 Å². The predicted molar refractivity (Wildman–Crippen MR) is 56.9 cm³/mol. The van der Waals surface area contributed by atoms with Gasteiger partial charge in [0.1, 0.15) is 25.7 Å². The molecule has 0 saturated heterocycles. The third-order valence-corrected chi connectivity index (χ3v) is 2.11. The lowest BCUT2D eigenvalue weighted by atomic mass is 10.2. The number of nitrogens with two attached hydrogens (primary N) is 1. The number of aliphatic hydroxyl groups excluding tert-OH is 2. The van der Waals surface area contributed by atoms with E-state index < -0.39 is 0 Å². The van der Waals surface area contributed by atoms with Crippen LogP contribution in [0.15, 0.2) is 0 Å². The topological polar surface area (TPSA) is 57.1 Å². The van der Waals surface area contributed by atoms with Gasteiger partial charge in [-0.2, -0.15) is 0 Å². The quantitative estimate of drug-likeness (QED) is 0.439. The first-order valence-electron chi connectivity index (χ1n) is 5.33. The lowest BCUT2D eigenvalue weighted by Gasteiger charge is -2.26. The van der Waals surface area contributed by atoms with Crippen LogP contribution in [0.25, 0.3) is 0 Å². The van der Waals surface area contributed by atoms with Crippen LogP contribution < -0.4 is 5.32 Å². The Balaban J connectivity index is 3.50. The largest absolute Gasteiger partial charge is 0.387 e. The molecular formula is C10H26N2O2+2. The highest BCUT2D eigenvalue weighted by Gasteiger charge is 2.16. The first-order valence-corrected chi connectivity index (χ1v) is 5.33. The van der Waals surface area contributed by atoms with Gasteiger partial charge in [0.05, 0.1) is 21.1 Å². The summed E-state index contributed by atoms with van der Waals surface area (Å²) in [5.41, 5.74) is 0. The summed E-state index contributed by atoms with van der Waals surface area (Å²) in [6.07, 6.45) is 0.243. The molecule has 0 rings (SSSR count). The molecule has 0 aromatic heterocycles. The lowest BCUT2D eigenvalue weighted by molar-refractivity contribution is -0.875. The summed E-state index contributed by atoms with van der Waals surface area (Å²) in [6, 6.07) is 0. The number of rotatable bonds is 7. The summed E-state index contributed by atoms with van der Waals surface area (Å²) in [5, 5.41) is 20.9. The van der Waals surface area contributed by atoms with Gasteiger partial charge in [-0.3, -0.25) is 0 Å². The van der Waals surface area contributed by atoms with Crippen LogP contribution in [-0.4, -0.2) is 67.7 Å². The Kier molecular flexibility index (Phi) is 6.27. The van der Waals surface area contributed by atoms with Crippen molar-refractivity contribution in [2.24, 2.45) is 0 Å². The molecule has 4 N–H and O–H groups in total. The van der Waals surface area contributed by atoms with Crippen LogP contribution in [0, 0.1) is 0 Å². The average Bonchev–Trinajstić information content (AvgIpc) is 2.00. The van der Waals surface area contributed by atoms with Crippen LogP contribution >= 0.6 is 0 Å². The summed E-state index contributed by atoms with van der Waals surface area (Å²) >= 11 is 0. The average molecular weight is 206 g/mol. The monoisotopic (exact) mass is 206 g/mol. The second-order valence-corrected chi connectivity index (χ2v) is 4.95. The molecule has 0 radical (unpaired) electrons. The zero-order valence-electron chi connectivity index (χ0n) is 9.90. The van der Waals surface area contributed by atoms with Crippen LogP contribution in [0.3, 0.4) is 0 Å². The van der Waals surface area contributed by atoms with E-state index >= 15 is 0 Å².